The molecule has 2 aromatic heterocycles. The third-order valence-electron chi connectivity index (χ3n) is 7.31. The molecular weight excluding hydrogens is 456 g/mol. The second-order valence-electron chi connectivity index (χ2n) is 9.62. The number of benzene rings is 1. The van der Waals surface area contributed by atoms with Gasteiger partial charge < -0.3 is 26.2 Å². The average molecular weight is 485 g/mol. The fraction of sp³-hybridized carbons (Fsp3) is 0.435. The molecule has 1 aliphatic heterocycles. The summed E-state index contributed by atoms with van der Waals surface area (Å²) < 4.78 is 26.4. The number of anilines is 1. The number of aliphatic hydroxyl groups excluding tert-OH is 2. The van der Waals surface area contributed by atoms with E-state index in [4.69, 9.17) is 11.5 Å². The van der Waals surface area contributed by atoms with Crippen LogP contribution in [0.3, 0.4) is 0 Å². The van der Waals surface area contributed by atoms with Gasteiger partial charge in [-0.1, -0.05) is 6.07 Å². The van der Waals surface area contributed by atoms with E-state index in [0.29, 0.717) is 41.8 Å². The van der Waals surface area contributed by atoms with E-state index in [9.17, 15) is 18.6 Å². The van der Waals surface area contributed by atoms with Crippen LogP contribution < -0.4 is 11.5 Å². The third kappa shape index (κ3) is 3.29. The van der Waals surface area contributed by atoms with Gasteiger partial charge in [-0.2, -0.15) is 0 Å². The highest BCUT2D eigenvalue weighted by Crippen LogP contribution is 2.41. The first-order chi connectivity index (χ1) is 16.0. The Kier molecular flexibility index (Phi) is 5.19. The Morgan fingerprint density at radius 3 is 2.68 bits per heavy atom. The Bertz CT molecular complexity index is 1410. The lowest BCUT2D eigenvalue weighted by atomic mass is 9.96. The molecule has 6 N–H and O–H groups in total. The number of aliphatic hydroxyl groups is 2. The standard InChI is InChI=1S/C23H28N6O4S/c1-23(2)22(25)28-15-9-12(4-6-17(15)34(23,32)33)3-5-13-10-16(19(31)18(13)30)29-8-7-14-20(24)26-11-27-21(14)29/h4,6-9,11,13,16,18-19,30-31H,3,5,10H2,1-2H3,(H2,25,28)(H2,24,26,27)/t13-,16+,18+,19-/m0/s1. The fourth-order valence-corrected chi connectivity index (χ4v) is 6.48. The highest BCUT2D eigenvalue weighted by atomic mass is 32.2. The van der Waals surface area contributed by atoms with Gasteiger partial charge in [0.1, 0.15) is 34.5 Å². The summed E-state index contributed by atoms with van der Waals surface area (Å²) in [5, 5.41) is 22.2. The minimum absolute atomic E-state index is 0.0673. The number of hydrogen-bond acceptors (Lipinski definition) is 9. The Morgan fingerprint density at radius 2 is 1.91 bits per heavy atom. The molecule has 2 aliphatic rings. The van der Waals surface area contributed by atoms with E-state index < -0.39 is 26.8 Å². The second-order valence-corrected chi connectivity index (χ2v) is 12.1. The van der Waals surface area contributed by atoms with Crippen molar-refractivity contribution in [2.75, 3.05) is 5.73 Å². The van der Waals surface area contributed by atoms with Gasteiger partial charge in [-0.25, -0.2) is 23.4 Å². The molecule has 0 radical (unpaired) electrons. The van der Waals surface area contributed by atoms with Gasteiger partial charge >= 0.3 is 0 Å². The zero-order valence-corrected chi connectivity index (χ0v) is 19.8. The summed E-state index contributed by atoms with van der Waals surface area (Å²) in [6, 6.07) is 6.57. The van der Waals surface area contributed by atoms with Crippen LogP contribution in [0.2, 0.25) is 0 Å². The lowest BCUT2D eigenvalue weighted by Gasteiger charge is -2.29. The number of aryl methyl sites for hydroxylation is 1. The second kappa shape index (κ2) is 7.76. The number of aromatic nitrogens is 3. The first-order valence-corrected chi connectivity index (χ1v) is 12.7. The van der Waals surface area contributed by atoms with Crippen LogP contribution in [0.4, 0.5) is 11.5 Å². The molecule has 0 saturated heterocycles. The van der Waals surface area contributed by atoms with Crippen LogP contribution in [-0.2, 0) is 16.3 Å². The van der Waals surface area contributed by atoms with Crippen LogP contribution in [-0.4, -0.2) is 56.0 Å². The monoisotopic (exact) mass is 484 g/mol. The van der Waals surface area contributed by atoms with Crippen molar-refractivity contribution < 1.29 is 18.6 Å². The van der Waals surface area contributed by atoms with Crippen LogP contribution in [0.5, 0.6) is 0 Å². The Balaban J connectivity index is 1.35. The average Bonchev–Trinajstić information content (AvgIpc) is 3.33. The van der Waals surface area contributed by atoms with Gasteiger partial charge in [-0.15, -0.1) is 0 Å². The van der Waals surface area contributed by atoms with Crippen molar-refractivity contribution in [2.24, 2.45) is 16.6 Å². The van der Waals surface area contributed by atoms with E-state index in [-0.39, 0.29) is 22.7 Å². The summed E-state index contributed by atoms with van der Waals surface area (Å²) in [6.45, 7) is 3.10. The molecule has 1 fully saturated rings. The normalized spacial score (nSPS) is 27.5. The van der Waals surface area contributed by atoms with Crippen LogP contribution in [0.25, 0.3) is 11.0 Å². The molecule has 0 amide bonds. The van der Waals surface area contributed by atoms with Crippen molar-refractivity contribution in [1.82, 2.24) is 14.5 Å². The number of rotatable bonds is 4. The molecule has 0 spiro atoms. The van der Waals surface area contributed by atoms with Crippen molar-refractivity contribution in [2.45, 2.75) is 61.0 Å². The molecule has 3 heterocycles. The predicted octanol–water partition coefficient (Wildman–Crippen LogP) is 1.48. The molecule has 5 rings (SSSR count). The maximum absolute atomic E-state index is 12.9. The van der Waals surface area contributed by atoms with Crippen molar-refractivity contribution >= 4 is 38.2 Å². The van der Waals surface area contributed by atoms with Crippen LogP contribution in [0, 0.1) is 5.92 Å². The van der Waals surface area contributed by atoms with E-state index in [2.05, 4.69) is 15.0 Å². The van der Waals surface area contributed by atoms with Gasteiger partial charge in [0.05, 0.1) is 28.1 Å². The molecule has 0 unspecified atom stereocenters. The van der Waals surface area contributed by atoms with Gasteiger partial charge in [0, 0.05) is 6.20 Å². The van der Waals surface area contributed by atoms with Gasteiger partial charge in [-0.3, -0.25) is 0 Å². The number of aliphatic imine (C=N–C) groups is 1. The molecule has 0 bridgehead atoms. The molecular formula is C23H28N6O4S. The van der Waals surface area contributed by atoms with E-state index in [1.165, 1.54) is 6.33 Å². The number of amidine groups is 1. The molecule has 1 aliphatic carbocycles. The number of nitrogen functional groups attached to an aromatic ring is 1. The maximum atomic E-state index is 12.9. The Morgan fingerprint density at radius 1 is 1.15 bits per heavy atom. The van der Waals surface area contributed by atoms with E-state index in [1.54, 1.807) is 32.0 Å². The smallest absolute Gasteiger partial charge is 0.192 e. The molecule has 10 nitrogen and oxygen atoms in total. The summed E-state index contributed by atoms with van der Waals surface area (Å²) in [5.41, 5.74) is 13.7. The quantitative estimate of drug-likeness (QED) is 0.431. The number of fused-ring (bicyclic) bond motifs is 2. The van der Waals surface area contributed by atoms with Gasteiger partial charge in [0.25, 0.3) is 0 Å². The zero-order valence-electron chi connectivity index (χ0n) is 19.0. The molecule has 1 saturated carbocycles. The number of nitrogens with two attached hydrogens (primary N) is 2. The Hall–Kier alpha value is -3.02. The van der Waals surface area contributed by atoms with Gasteiger partial charge in [0.15, 0.2) is 9.84 Å². The summed E-state index contributed by atoms with van der Waals surface area (Å²) in [6.07, 6.45) is 3.12. The molecule has 34 heavy (non-hydrogen) atoms. The number of sulfone groups is 1. The fourth-order valence-electron chi connectivity index (χ4n) is 4.98. The van der Waals surface area contributed by atoms with Crippen molar-refractivity contribution in [3.8, 4) is 0 Å². The topological polar surface area (TPSA) is 170 Å². The number of nitrogens with zero attached hydrogens (tertiary/aromatic N) is 4. The van der Waals surface area contributed by atoms with Crippen molar-refractivity contribution in [3.63, 3.8) is 0 Å². The first kappa shape index (κ1) is 22.8. The van der Waals surface area contributed by atoms with E-state index in [1.807, 2.05) is 16.8 Å². The summed E-state index contributed by atoms with van der Waals surface area (Å²) in [4.78, 5) is 12.8. The third-order valence-corrected chi connectivity index (χ3v) is 9.79. The van der Waals surface area contributed by atoms with Gasteiger partial charge in [0.2, 0.25) is 0 Å². The van der Waals surface area contributed by atoms with Crippen molar-refractivity contribution in [3.05, 3.63) is 42.4 Å². The number of hydrogen-bond donors (Lipinski definition) is 4. The lowest BCUT2D eigenvalue weighted by Crippen LogP contribution is -2.47. The largest absolute Gasteiger partial charge is 0.390 e. The summed E-state index contributed by atoms with van der Waals surface area (Å²) in [7, 11) is -3.64. The van der Waals surface area contributed by atoms with Crippen molar-refractivity contribution in [1.29, 1.82) is 0 Å². The predicted molar refractivity (Wildman–Crippen MR) is 128 cm³/mol. The summed E-state index contributed by atoms with van der Waals surface area (Å²) >= 11 is 0. The first-order valence-electron chi connectivity index (χ1n) is 11.2. The minimum Gasteiger partial charge on any atom is -0.390 e. The zero-order chi connectivity index (χ0) is 24.4. The lowest BCUT2D eigenvalue weighted by molar-refractivity contribution is 0.00545. The van der Waals surface area contributed by atoms with Crippen LogP contribution >= 0.6 is 0 Å². The molecule has 180 valence electrons. The maximum Gasteiger partial charge on any atom is 0.192 e. The highest BCUT2D eigenvalue weighted by molar-refractivity contribution is 7.93. The molecule has 4 atom stereocenters. The minimum atomic E-state index is -3.64. The van der Waals surface area contributed by atoms with Gasteiger partial charge in [-0.05, 0) is 62.8 Å². The van der Waals surface area contributed by atoms with E-state index >= 15 is 0 Å². The molecule has 3 aromatic rings. The van der Waals surface area contributed by atoms with Crippen LogP contribution in [0.1, 0.15) is 38.3 Å². The highest BCUT2D eigenvalue weighted by Gasteiger charge is 2.44. The van der Waals surface area contributed by atoms with Crippen LogP contribution in [0.15, 0.2) is 46.7 Å². The Labute approximate surface area is 197 Å². The molecule has 11 heteroatoms. The SMILES string of the molecule is CC1(C)C(N)=Nc2cc(CC[C@H]3C[C@@H](n4ccc5c(N)ncnc54)[C@H](O)[C@@H]3O)ccc2S1(=O)=O. The molecule has 1 aromatic carbocycles. The van der Waals surface area contributed by atoms with E-state index in [0.717, 1.165) is 5.56 Å². The summed E-state index contributed by atoms with van der Waals surface area (Å²) in [5.74, 6) is 0.288.